The zero-order valence-electron chi connectivity index (χ0n) is 14.7. The van der Waals surface area contributed by atoms with Gasteiger partial charge < -0.3 is 15.2 Å². The fourth-order valence-electron chi connectivity index (χ4n) is 1.81. The Bertz CT molecular complexity index is 568. The van der Waals surface area contributed by atoms with E-state index in [0.717, 1.165) is 16.6 Å². The van der Waals surface area contributed by atoms with Gasteiger partial charge in [0.2, 0.25) is 5.88 Å². The van der Waals surface area contributed by atoms with E-state index in [1.807, 2.05) is 47.6 Å². The number of pyridine rings is 1. The fourth-order valence-corrected chi connectivity index (χ4v) is 1.81. The first-order valence-electron chi connectivity index (χ1n) is 7.70. The van der Waals surface area contributed by atoms with E-state index in [4.69, 9.17) is 9.84 Å². The number of aliphatic hydroxyl groups excluding tert-OH is 1. The number of ether oxygens (including phenoxy) is 1. The summed E-state index contributed by atoms with van der Waals surface area (Å²) in [5.74, 6) is 1.79. The minimum Gasteiger partial charge on any atom is -0.480 e. The van der Waals surface area contributed by atoms with Crippen molar-refractivity contribution in [1.82, 2.24) is 15.0 Å². The molecule has 22 heavy (non-hydrogen) atoms. The lowest BCUT2D eigenvalue weighted by Crippen LogP contribution is -2.09. The first-order valence-corrected chi connectivity index (χ1v) is 7.70. The third kappa shape index (κ3) is 5.11. The molecule has 0 aliphatic heterocycles. The Balaban J connectivity index is 0.00000102. The van der Waals surface area contributed by atoms with Gasteiger partial charge in [-0.2, -0.15) is 0 Å². The number of nitrogens with zero attached hydrogens (tertiary/aromatic N) is 3. The second kappa shape index (κ2) is 10.7. The number of aryl methyl sites for hydroxylation is 2. The maximum Gasteiger partial charge on any atom is 0.226 e. The molecule has 0 saturated heterocycles. The summed E-state index contributed by atoms with van der Waals surface area (Å²) >= 11 is 0. The molecule has 0 saturated carbocycles. The number of hydrogen-bond acceptors (Lipinski definition) is 6. The second-order valence-corrected chi connectivity index (χ2v) is 3.94. The zero-order chi connectivity index (χ0) is 17.1. The van der Waals surface area contributed by atoms with Gasteiger partial charge in [-0.1, -0.05) is 27.7 Å². The highest BCUT2D eigenvalue weighted by molar-refractivity contribution is 5.93. The van der Waals surface area contributed by atoms with E-state index < -0.39 is 0 Å². The van der Waals surface area contributed by atoms with E-state index in [1.54, 1.807) is 7.11 Å². The number of nitrogens with one attached hydrogen (secondary N) is 1. The lowest BCUT2D eigenvalue weighted by molar-refractivity contribution is 0.311. The van der Waals surface area contributed by atoms with E-state index in [-0.39, 0.29) is 6.61 Å². The van der Waals surface area contributed by atoms with Crippen LogP contribution in [0.25, 0.3) is 10.9 Å². The molecule has 0 aromatic carbocycles. The van der Waals surface area contributed by atoms with Crippen LogP contribution in [0.3, 0.4) is 0 Å². The Labute approximate surface area is 133 Å². The summed E-state index contributed by atoms with van der Waals surface area (Å²) in [5.41, 5.74) is 1.62. The quantitative estimate of drug-likeness (QED) is 0.903. The normalized spacial score (nSPS) is 9.27. The Hall–Kier alpha value is -1.95. The summed E-state index contributed by atoms with van der Waals surface area (Å²) in [7, 11) is 1.57. The summed E-state index contributed by atoms with van der Waals surface area (Å²) in [4.78, 5) is 13.0. The van der Waals surface area contributed by atoms with E-state index in [9.17, 15) is 0 Å². The average molecular weight is 308 g/mol. The molecular formula is C16H28N4O2. The SMILES string of the molecule is CC.CC.COc1nc(C)cc2nc(C)nc(NCCO)c12. The number of rotatable bonds is 4. The van der Waals surface area contributed by atoms with Crippen molar-refractivity contribution < 1.29 is 9.84 Å². The molecule has 2 heterocycles. The number of methoxy groups -OCH3 is 1. The summed E-state index contributed by atoms with van der Waals surface area (Å²) < 4.78 is 5.28. The van der Waals surface area contributed by atoms with Crippen LogP contribution < -0.4 is 10.1 Å². The third-order valence-electron chi connectivity index (χ3n) is 2.48. The largest absolute Gasteiger partial charge is 0.480 e. The number of hydrogen-bond donors (Lipinski definition) is 2. The van der Waals surface area contributed by atoms with E-state index in [1.165, 1.54) is 0 Å². The summed E-state index contributed by atoms with van der Waals surface area (Å²) in [6.45, 7) is 12.2. The molecule has 2 aromatic heterocycles. The molecular weight excluding hydrogens is 280 g/mol. The van der Waals surface area contributed by atoms with Crippen molar-refractivity contribution in [3.8, 4) is 5.88 Å². The number of fused-ring (bicyclic) bond motifs is 1. The van der Waals surface area contributed by atoms with Crippen LogP contribution in [0.1, 0.15) is 39.2 Å². The highest BCUT2D eigenvalue weighted by Gasteiger charge is 2.13. The standard InChI is InChI=1S/C12H16N4O2.2C2H6/c1-7-6-9-10(12(14-7)18-3)11(13-4-5-17)16-8(2)15-9;2*1-2/h6,17H,4-5H2,1-3H3,(H,13,15,16);2*1-2H3. The van der Waals surface area contributed by atoms with Crippen molar-refractivity contribution in [2.75, 3.05) is 25.6 Å². The molecule has 6 heteroatoms. The van der Waals surface area contributed by atoms with Gasteiger partial charge in [-0.25, -0.2) is 15.0 Å². The maximum absolute atomic E-state index is 8.89. The van der Waals surface area contributed by atoms with Gasteiger partial charge in [-0.15, -0.1) is 0 Å². The highest BCUT2D eigenvalue weighted by atomic mass is 16.5. The molecule has 0 spiro atoms. The second-order valence-electron chi connectivity index (χ2n) is 3.94. The lowest BCUT2D eigenvalue weighted by atomic mass is 10.2. The molecule has 0 aliphatic rings. The number of aromatic nitrogens is 3. The van der Waals surface area contributed by atoms with Gasteiger partial charge in [0.15, 0.2) is 0 Å². The summed E-state index contributed by atoms with van der Waals surface area (Å²) in [6.07, 6.45) is 0. The molecule has 0 unspecified atom stereocenters. The molecule has 124 valence electrons. The summed E-state index contributed by atoms with van der Waals surface area (Å²) in [5, 5.41) is 12.7. The van der Waals surface area contributed by atoms with Crippen LogP contribution in [-0.4, -0.2) is 40.3 Å². The smallest absolute Gasteiger partial charge is 0.226 e. The molecule has 0 amide bonds. The van der Waals surface area contributed by atoms with Crippen molar-refractivity contribution >= 4 is 16.7 Å². The van der Waals surface area contributed by atoms with Crippen molar-refractivity contribution in [3.05, 3.63) is 17.6 Å². The lowest BCUT2D eigenvalue weighted by Gasteiger charge is -2.11. The minimum absolute atomic E-state index is 0.0339. The Morgan fingerprint density at radius 3 is 2.27 bits per heavy atom. The predicted octanol–water partition coefficient (Wildman–Crippen LogP) is 3.11. The molecule has 2 rings (SSSR count). The monoisotopic (exact) mass is 308 g/mol. The van der Waals surface area contributed by atoms with Crippen LogP contribution in [0.5, 0.6) is 5.88 Å². The van der Waals surface area contributed by atoms with Crippen LogP contribution in [0.4, 0.5) is 5.82 Å². The van der Waals surface area contributed by atoms with Gasteiger partial charge >= 0.3 is 0 Å². The van der Waals surface area contributed by atoms with Crippen molar-refractivity contribution in [3.63, 3.8) is 0 Å². The molecule has 0 aliphatic carbocycles. The van der Waals surface area contributed by atoms with Crippen LogP contribution in [0.2, 0.25) is 0 Å². The topological polar surface area (TPSA) is 80.2 Å². The molecule has 0 radical (unpaired) electrons. The Morgan fingerprint density at radius 1 is 1.09 bits per heavy atom. The average Bonchev–Trinajstić information content (AvgIpc) is 2.55. The van der Waals surface area contributed by atoms with E-state index in [2.05, 4.69) is 20.3 Å². The number of aliphatic hydroxyl groups is 1. The predicted molar refractivity (Wildman–Crippen MR) is 91.6 cm³/mol. The molecule has 0 fully saturated rings. The molecule has 6 nitrogen and oxygen atoms in total. The molecule has 0 bridgehead atoms. The van der Waals surface area contributed by atoms with Crippen molar-refractivity contribution in [2.24, 2.45) is 0 Å². The van der Waals surface area contributed by atoms with Crippen LogP contribution in [-0.2, 0) is 0 Å². The van der Waals surface area contributed by atoms with Gasteiger partial charge in [-0.05, 0) is 19.9 Å². The maximum atomic E-state index is 8.89. The Kier molecular flexibility index (Phi) is 9.78. The Morgan fingerprint density at radius 2 is 1.73 bits per heavy atom. The molecule has 2 N–H and O–H groups in total. The van der Waals surface area contributed by atoms with Gasteiger partial charge in [-0.3, -0.25) is 0 Å². The van der Waals surface area contributed by atoms with Crippen LogP contribution >= 0.6 is 0 Å². The van der Waals surface area contributed by atoms with Gasteiger partial charge in [0.05, 0.1) is 19.2 Å². The van der Waals surface area contributed by atoms with Crippen molar-refractivity contribution in [2.45, 2.75) is 41.5 Å². The van der Waals surface area contributed by atoms with E-state index >= 15 is 0 Å². The fraction of sp³-hybridized carbons (Fsp3) is 0.562. The molecule has 0 atom stereocenters. The first kappa shape index (κ1) is 20.1. The zero-order valence-corrected chi connectivity index (χ0v) is 14.7. The third-order valence-corrected chi connectivity index (χ3v) is 2.48. The minimum atomic E-state index is 0.0339. The summed E-state index contributed by atoms with van der Waals surface area (Å²) in [6, 6.07) is 1.89. The molecule has 2 aromatic rings. The highest BCUT2D eigenvalue weighted by Crippen LogP contribution is 2.28. The van der Waals surface area contributed by atoms with Crippen molar-refractivity contribution in [1.29, 1.82) is 0 Å². The van der Waals surface area contributed by atoms with Gasteiger partial charge in [0, 0.05) is 12.2 Å². The van der Waals surface area contributed by atoms with Crippen LogP contribution in [0.15, 0.2) is 6.07 Å². The van der Waals surface area contributed by atoms with Crippen LogP contribution in [0, 0.1) is 13.8 Å². The van der Waals surface area contributed by atoms with E-state index in [0.29, 0.717) is 24.1 Å². The van der Waals surface area contributed by atoms with Gasteiger partial charge in [0.1, 0.15) is 17.0 Å². The first-order chi connectivity index (χ1) is 10.7. The number of anilines is 1. The van der Waals surface area contributed by atoms with Gasteiger partial charge in [0.25, 0.3) is 0 Å².